The molecule has 1 aromatic rings. The molecule has 1 aliphatic heterocycles. The average molecular weight is 280 g/mol. The Morgan fingerprint density at radius 2 is 1.90 bits per heavy atom. The summed E-state index contributed by atoms with van der Waals surface area (Å²) >= 11 is 0. The van der Waals surface area contributed by atoms with Gasteiger partial charge >= 0.3 is 5.97 Å². The van der Waals surface area contributed by atoms with E-state index >= 15 is 0 Å². The van der Waals surface area contributed by atoms with Crippen LogP contribution in [0.1, 0.15) is 24.7 Å². The first-order chi connectivity index (χ1) is 9.49. The van der Waals surface area contributed by atoms with Gasteiger partial charge in [0, 0.05) is 18.4 Å². The first kappa shape index (κ1) is 13.5. The Kier molecular flexibility index (Phi) is 3.25. The molecular weight excluding hydrogens is 264 g/mol. The Labute approximate surface area is 115 Å². The molecule has 1 saturated carbocycles. The van der Waals surface area contributed by atoms with Gasteiger partial charge in [0.05, 0.1) is 12.2 Å². The summed E-state index contributed by atoms with van der Waals surface area (Å²) < 4.78 is 11.3. The molecule has 1 unspecified atom stereocenters. The first-order valence-corrected chi connectivity index (χ1v) is 6.49. The molecule has 3 N–H and O–H groups in total. The molecule has 2 aliphatic rings. The minimum Gasteiger partial charge on any atom is -0.479 e. The number of carboxylic acid groups (broad SMARTS) is 1. The highest BCUT2D eigenvalue weighted by Gasteiger charge is 2.54. The maximum absolute atomic E-state index is 11.1. The van der Waals surface area contributed by atoms with E-state index in [1.165, 1.54) is 0 Å². The van der Waals surface area contributed by atoms with Gasteiger partial charge in [-0.2, -0.15) is 0 Å². The van der Waals surface area contributed by atoms with Gasteiger partial charge in [0.2, 0.25) is 0 Å². The van der Waals surface area contributed by atoms with Crippen molar-refractivity contribution >= 4 is 5.97 Å². The van der Waals surface area contributed by atoms with Crippen LogP contribution in [0.4, 0.5) is 0 Å². The Morgan fingerprint density at radius 1 is 1.20 bits per heavy atom. The summed E-state index contributed by atoms with van der Waals surface area (Å²) in [6.07, 6.45) is -3.30. The second-order valence-electron chi connectivity index (χ2n) is 5.33. The van der Waals surface area contributed by atoms with Gasteiger partial charge in [-0.15, -0.1) is 0 Å². The second-order valence-corrected chi connectivity index (χ2v) is 5.33. The molecule has 2 fully saturated rings. The number of carboxylic acids is 1. The molecule has 0 spiro atoms. The van der Waals surface area contributed by atoms with E-state index in [1.54, 1.807) is 0 Å². The number of ether oxygens (including phenoxy) is 2. The Hall–Kier alpha value is -1.47. The molecule has 0 radical (unpaired) electrons. The van der Waals surface area contributed by atoms with Gasteiger partial charge in [-0.1, -0.05) is 30.3 Å². The zero-order valence-corrected chi connectivity index (χ0v) is 10.7. The fraction of sp³-hybridized carbons (Fsp3) is 0.500. The first-order valence-electron chi connectivity index (χ1n) is 6.49. The average Bonchev–Trinajstić information content (AvgIpc) is 2.83. The van der Waals surface area contributed by atoms with Crippen LogP contribution in [-0.4, -0.2) is 45.2 Å². The summed E-state index contributed by atoms with van der Waals surface area (Å²) in [5.74, 6) is -1.35. The molecule has 0 aromatic heterocycles. The molecule has 0 bridgehead atoms. The van der Waals surface area contributed by atoms with Gasteiger partial charge < -0.3 is 24.8 Å². The molecule has 3 rings (SSSR count). The molecule has 0 amide bonds. The smallest absolute Gasteiger partial charge is 0.335 e. The number of benzene rings is 1. The normalized spacial score (nSPS) is 40.3. The third kappa shape index (κ3) is 2.20. The van der Waals surface area contributed by atoms with Gasteiger partial charge in [0.1, 0.15) is 6.10 Å². The fourth-order valence-corrected chi connectivity index (χ4v) is 2.82. The van der Waals surface area contributed by atoms with E-state index in [-0.39, 0.29) is 12.8 Å². The topological polar surface area (TPSA) is 96.2 Å². The second kappa shape index (κ2) is 4.82. The third-order valence-corrected chi connectivity index (χ3v) is 3.88. The van der Waals surface area contributed by atoms with Gasteiger partial charge in [-0.05, 0) is 0 Å². The van der Waals surface area contributed by atoms with Gasteiger partial charge in [-0.3, -0.25) is 0 Å². The van der Waals surface area contributed by atoms with E-state index in [9.17, 15) is 15.0 Å². The number of hydrogen-bond acceptors (Lipinski definition) is 5. The molecule has 1 heterocycles. The van der Waals surface area contributed by atoms with Crippen molar-refractivity contribution in [3.05, 3.63) is 35.9 Å². The zero-order valence-electron chi connectivity index (χ0n) is 10.7. The molecule has 1 aromatic carbocycles. The summed E-state index contributed by atoms with van der Waals surface area (Å²) in [7, 11) is 0. The molecule has 6 heteroatoms. The third-order valence-electron chi connectivity index (χ3n) is 3.88. The van der Waals surface area contributed by atoms with Crippen LogP contribution in [0.25, 0.3) is 0 Å². The van der Waals surface area contributed by atoms with Crippen LogP contribution >= 0.6 is 0 Å². The van der Waals surface area contributed by atoms with Crippen molar-refractivity contribution < 1.29 is 29.6 Å². The highest BCUT2D eigenvalue weighted by Crippen LogP contribution is 2.41. The lowest BCUT2D eigenvalue weighted by Crippen LogP contribution is -2.55. The summed E-state index contributed by atoms with van der Waals surface area (Å²) in [6, 6.07) is 9.21. The van der Waals surface area contributed by atoms with Crippen molar-refractivity contribution in [3.63, 3.8) is 0 Å². The summed E-state index contributed by atoms with van der Waals surface area (Å²) in [6.45, 7) is 0. The monoisotopic (exact) mass is 280 g/mol. The van der Waals surface area contributed by atoms with Crippen molar-refractivity contribution in [2.75, 3.05) is 0 Å². The molecule has 5 atom stereocenters. The van der Waals surface area contributed by atoms with E-state index in [4.69, 9.17) is 14.6 Å². The van der Waals surface area contributed by atoms with Crippen LogP contribution < -0.4 is 0 Å². The van der Waals surface area contributed by atoms with Crippen molar-refractivity contribution in [3.8, 4) is 0 Å². The van der Waals surface area contributed by atoms with Crippen LogP contribution in [0.5, 0.6) is 0 Å². The quantitative estimate of drug-likeness (QED) is 0.727. The zero-order chi connectivity index (χ0) is 14.3. The number of aliphatic carboxylic acids is 1. The highest BCUT2D eigenvalue weighted by molar-refractivity contribution is 5.77. The molecule has 1 saturated heterocycles. The minimum atomic E-state index is -1.96. The number of fused-ring (bicyclic) bond motifs is 1. The van der Waals surface area contributed by atoms with E-state index in [2.05, 4.69) is 0 Å². The lowest BCUT2D eigenvalue weighted by Gasteiger charge is -2.36. The summed E-state index contributed by atoms with van der Waals surface area (Å²) in [5, 5.41) is 29.1. The van der Waals surface area contributed by atoms with Gasteiger partial charge in [0.15, 0.2) is 11.9 Å². The van der Waals surface area contributed by atoms with E-state index in [0.717, 1.165) is 5.56 Å². The van der Waals surface area contributed by atoms with Crippen LogP contribution in [0.2, 0.25) is 0 Å². The largest absolute Gasteiger partial charge is 0.479 e. The van der Waals surface area contributed by atoms with Crippen molar-refractivity contribution in [1.82, 2.24) is 0 Å². The van der Waals surface area contributed by atoms with E-state index in [1.807, 2.05) is 30.3 Å². The van der Waals surface area contributed by atoms with Gasteiger partial charge in [-0.25, -0.2) is 4.79 Å². The molecule has 1 aliphatic carbocycles. The van der Waals surface area contributed by atoms with Crippen LogP contribution in [0.15, 0.2) is 30.3 Å². The number of hydrogen-bond donors (Lipinski definition) is 3. The highest BCUT2D eigenvalue weighted by atomic mass is 16.7. The molecule has 20 heavy (non-hydrogen) atoms. The maximum atomic E-state index is 11.1. The number of rotatable bonds is 2. The Morgan fingerprint density at radius 3 is 2.55 bits per heavy atom. The summed E-state index contributed by atoms with van der Waals surface area (Å²) in [4.78, 5) is 11.1. The van der Waals surface area contributed by atoms with Crippen LogP contribution in [0.3, 0.4) is 0 Å². The molecule has 108 valence electrons. The molecular formula is C14H16O6. The van der Waals surface area contributed by atoms with Crippen molar-refractivity contribution in [1.29, 1.82) is 0 Å². The number of carbonyl (C=O) groups is 1. The SMILES string of the molecule is O=C(O)[C@@]1(O)C[C@@H](O)[C@@H]2OC(c3ccccc3)O[C@@H]2C1. The number of aliphatic hydroxyl groups excluding tert-OH is 1. The standard InChI is InChI=1S/C14H16O6/c15-9-6-14(18,13(16)17)7-10-11(9)20-12(19-10)8-4-2-1-3-5-8/h1-5,9-12,15,18H,6-7H2,(H,16,17)/t9-,10-,11+,12?,14-/m1/s1. The Bertz CT molecular complexity index is 504. The van der Waals surface area contributed by atoms with Crippen LogP contribution in [0, 0.1) is 0 Å². The molecule has 6 nitrogen and oxygen atoms in total. The van der Waals surface area contributed by atoms with Crippen molar-refractivity contribution in [2.24, 2.45) is 0 Å². The lowest BCUT2D eigenvalue weighted by atomic mass is 9.80. The fourth-order valence-electron chi connectivity index (χ4n) is 2.82. The predicted molar refractivity (Wildman–Crippen MR) is 66.8 cm³/mol. The lowest BCUT2D eigenvalue weighted by molar-refractivity contribution is -0.175. The maximum Gasteiger partial charge on any atom is 0.335 e. The minimum absolute atomic E-state index is 0.0899. The summed E-state index contributed by atoms with van der Waals surface area (Å²) in [5.41, 5.74) is -1.16. The van der Waals surface area contributed by atoms with Crippen LogP contribution in [-0.2, 0) is 14.3 Å². The van der Waals surface area contributed by atoms with Gasteiger partial charge in [0.25, 0.3) is 0 Å². The number of aliphatic hydroxyl groups is 2. The predicted octanol–water partition coefficient (Wildman–Crippen LogP) is 0.440. The van der Waals surface area contributed by atoms with Crippen molar-refractivity contribution in [2.45, 2.75) is 43.0 Å². The van der Waals surface area contributed by atoms with E-state index in [0.29, 0.717) is 0 Å². The van der Waals surface area contributed by atoms with E-state index < -0.39 is 36.2 Å². The Balaban J connectivity index is 1.79.